The molecule has 25 heavy (non-hydrogen) atoms. The lowest BCUT2D eigenvalue weighted by molar-refractivity contribution is -0.122. The second-order valence-electron chi connectivity index (χ2n) is 6.12. The molecular formula is C17H20ClN3O4. The van der Waals surface area contributed by atoms with Crippen LogP contribution in [-0.4, -0.2) is 48.2 Å². The molecule has 0 radical (unpaired) electrons. The summed E-state index contributed by atoms with van der Waals surface area (Å²) in [5.41, 5.74) is 1.38. The fourth-order valence-corrected chi connectivity index (χ4v) is 3.32. The minimum Gasteiger partial charge on any atom is -0.444 e. The van der Waals surface area contributed by atoms with Gasteiger partial charge >= 0.3 is 6.03 Å². The average Bonchev–Trinajstić information content (AvgIpc) is 3.12. The summed E-state index contributed by atoms with van der Waals surface area (Å²) < 4.78 is 5.46. The number of aliphatic hydroxyl groups excluding tert-OH is 1. The van der Waals surface area contributed by atoms with Crippen LogP contribution in [-0.2, 0) is 11.3 Å². The number of nitrogens with zero attached hydrogens (tertiary/aromatic N) is 1. The van der Waals surface area contributed by atoms with E-state index in [1.165, 1.54) is 4.90 Å². The maximum Gasteiger partial charge on any atom is 0.317 e. The van der Waals surface area contributed by atoms with Crippen LogP contribution in [0.3, 0.4) is 0 Å². The Balaban J connectivity index is 1.61. The Labute approximate surface area is 149 Å². The van der Waals surface area contributed by atoms with E-state index in [4.69, 9.17) is 16.0 Å². The SMILES string of the molecule is CNC(=O)C[C@@H]1CN(C(=O)NCc2c(Cl)oc3ccccc23)C[C@H]1O. The van der Waals surface area contributed by atoms with Crippen LogP contribution in [0.15, 0.2) is 28.7 Å². The van der Waals surface area contributed by atoms with Crippen LogP contribution >= 0.6 is 11.6 Å². The molecular weight excluding hydrogens is 346 g/mol. The van der Waals surface area contributed by atoms with Crippen molar-refractivity contribution in [3.05, 3.63) is 35.0 Å². The zero-order valence-corrected chi connectivity index (χ0v) is 14.5. The Bertz CT molecular complexity index is 791. The maximum absolute atomic E-state index is 12.4. The number of furan rings is 1. The van der Waals surface area contributed by atoms with Gasteiger partial charge in [-0.3, -0.25) is 4.79 Å². The van der Waals surface area contributed by atoms with Gasteiger partial charge < -0.3 is 25.1 Å². The van der Waals surface area contributed by atoms with Gasteiger partial charge in [-0.25, -0.2) is 4.79 Å². The van der Waals surface area contributed by atoms with Crippen LogP contribution in [0.1, 0.15) is 12.0 Å². The number of nitrogens with one attached hydrogen (secondary N) is 2. The molecule has 2 heterocycles. The highest BCUT2D eigenvalue weighted by molar-refractivity contribution is 6.30. The van der Waals surface area contributed by atoms with Crippen LogP contribution in [0, 0.1) is 5.92 Å². The second kappa shape index (κ2) is 7.33. The highest BCUT2D eigenvalue weighted by atomic mass is 35.5. The van der Waals surface area contributed by atoms with Crippen LogP contribution in [0.5, 0.6) is 0 Å². The topological polar surface area (TPSA) is 94.8 Å². The number of likely N-dealkylation sites (tertiary alicyclic amines) is 1. The molecule has 3 N–H and O–H groups in total. The van der Waals surface area contributed by atoms with Gasteiger partial charge in [-0.15, -0.1) is 0 Å². The maximum atomic E-state index is 12.4. The van der Waals surface area contributed by atoms with Crippen LogP contribution in [0.25, 0.3) is 11.0 Å². The highest BCUT2D eigenvalue weighted by Gasteiger charge is 2.35. The number of fused-ring (bicyclic) bond motifs is 1. The molecule has 1 aliphatic heterocycles. The van der Waals surface area contributed by atoms with Gasteiger partial charge in [-0.2, -0.15) is 0 Å². The number of halogens is 1. The third-order valence-corrected chi connectivity index (χ3v) is 4.79. The van der Waals surface area contributed by atoms with Crippen LogP contribution in [0.2, 0.25) is 5.22 Å². The lowest BCUT2D eigenvalue weighted by Gasteiger charge is -2.16. The predicted octanol–water partition coefficient (Wildman–Crippen LogP) is 1.72. The summed E-state index contributed by atoms with van der Waals surface area (Å²) in [4.78, 5) is 25.3. The van der Waals surface area contributed by atoms with Gasteiger partial charge in [0, 0.05) is 50.0 Å². The number of para-hydroxylation sites is 1. The smallest absolute Gasteiger partial charge is 0.317 e. The first-order chi connectivity index (χ1) is 12.0. The van der Waals surface area contributed by atoms with Crippen molar-refractivity contribution in [2.45, 2.75) is 19.1 Å². The number of β-amino-alcohol motifs (C(OH)–C–C–N with tert-alkyl or cyclic N) is 1. The third kappa shape index (κ3) is 3.72. The summed E-state index contributed by atoms with van der Waals surface area (Å²) in [5, 5.41) is 16.5. The Hall–Kier alpha value is -2.25. The molecule has 7 nitrogen and oxygen atoms in total. The summed E-state index contributed by atoms with van der Waals surface area (Å²) in [6.45, 7) is 0.759. The van der Waals surface area contributed by atoms with E-state index in [1.54, 1.807) is 7.05 Å². The van der Waals surface area contributed by atoms with E-state index in [-0.39, 0.29) is 42.6 Å². The Morgan fingerprint density at radius 1 is 1.36 bits per heavy atom. The van der Waals surface area contributed by atoms with Crippen molar-refractivity contribution in [2.75, 3.05) is 20.1 Å². The zero-order chi connectivity index (χ0) is 18.0. The molecule has 1 saturated heterocycles. The summed E-state index contributed by atoms with van der Waals surface area (Å²) in [7, 11) is 1.55. The molecule has 3 amide bonds. The molecule has 1 aromatic heterocycles. The first kappa shape index (κ1) is 17.6. The molecule has 3 rings (SSSR count). The quantitative estimate of drug-likeness (QED) is 0.769. The van der Waals surface area contributed by atoms with E-state index in [9.17, 15) is 14.7 Å². The second-order valence-corrected chi connectivity index (χ2v) is 6.46. The van der Waals surface area contributed by atoms with Gasteiger partial charge in [0.15, 0.2) is 5.22 Å². The molecule has 1 fully saturated rings. The van der Waals surface area contributed by atoms with Gasteiger partial charge in [-0.1, -0.05) is 18.2 Å². The summed E-state index contributed by atoms with van der Waals surface area (Å²) in [6, 6.07) is 7.11. The molecule has 0 saturated carbocycles. The van der Waals surface area contributed by atoms with E-state index in [1.807, 2.05) is 24.3 Å². The third-order valence-electron chi connectivity index (χ3n) is 4.49. The Morgan fingerprint density at radius 2 is 2.12 bits per heavy atom. The van der Waals surface area contributed by atoms with Crippen molar-refractivity contribution in [2.24, 2.45) is 5.92 Å². The zero-order valence-electron chi connectivity index (χ0n) is 13.8. The Morgan fingerprint density at radius 3 is 2.88 bits per heavy atom. The lowest BCUT2D eigenvalue weighted by Crippen LogP contribution is -2.38. The van der Waals surface area contributed by atoms with Gasteiger partial charge in [0.2, 0.25) is 5.91 Å². The highest BCUT2D eigenvalue weighted by Crippen LogP contribution is 2.29. The fourth-order valence-electron chi connectivity index (χ4n) is 3.07. The first-order valence-electron chi connectivity index (χ1n) is 8.07. The van der Waals surface area contributed by atoms with E-state index < -0.39 is 6.10 Å². The van der Waals surface area contributed by atoms with Crippen LogP contribution < -0.4 is 10.6 Å². The van der Waals surface area contributed by atoms with Crippen molar-refractivity contribution in [1.82, 2.24) is 15.5 Å². The number of aliphatic hydroxyl groups is 1. The van der Waals surface area contributed by atoms with Crippen molar-refractivity contribution in [1.29, 1.82) is 0 Å². The lowest BCUT2D eigenvalue weighted by atomic mass is 10.0. The minimum absolute atomic E-state index is 0.150. The molecule has 0 bridgehead atoms. The van der Waals surface area contributed by atoms with Crippen molar-refractivity contribution >= 4 is 34.5 Å². The average molecular weight is 366 g/mol. The number of hydrogen-bond donors (Lipinski definition) is 3. The minimum atomic E-state index is -0.707. The van der Waals surface area contributed by atoms with Crippen molar-refractivity contribution in [3.63, 3.8) is 0 Å². The molecule has 0 spiro atoms. The number of carbonyl (C=O) groups is 2. The monoisotopic (exact) mass is 365 g/mol. The van der Waals surface area contributed by atoms with Crippen LogP contribution in [0.4, 0.5) is 4.79 Å². The summed E-state index contributed by atoms with van der Waals surface area (Å²) in [6.07, 6.45) is -0.513. The van der Waals surface area contributed by atoms with E-state index in [0.29, 0.717) is 17.7 Å². The molecule has 134 valence electrons. The molecule has 2 aromatic rings. The number of carbonyl (C=O) groups excluding carboxylic acids is 2. The van der Waals surface area contributed by atoms with E-state index in [0.717, 1.165) is 5.39 Å². The van der Waals surface area contributed by atoms with Gasteiger partial charge in [0.05, 0.1) is 6.10 Å². The van der Waals surface area contributed by atoms with Gasteiger partial charge in [0.25, 0.3) is 0 Å². The molecule has 1 aliphatic rings. The van der Waals surface area contributed by atoms with E-state index in [2.05, 4.69) is 10.6 Å². The normalized spacial score (nSPS) is 20.0. The van der Waals surface area contributed by atoms with Crippen molar-refractivity contribution in [3.8, 4) is 0 Å². The number of hydrogen-bond acceptors (Lipinski definition) is 4. The number of benzene rings is 1. The molecule has 0 unspecified atom stereocenters. The fraction of sp³-hybridized carbons (Fsp3) is 0.412. The predicted molar refractivity (Wildman–Crippen MR) is 93.2 cm³/mol. The summed E-state index contributed by atoms with van der Waals surface area (Å²) in [5.74, 6) is -0.410. The standard InChI is InChI=1S/C17H20ClN3O4/c1-19-15(23)6-10-8-21(9-13(10)22)17(24)20-7-12-11-4-2-3-5-14(11)25-16(12)18/h2-5,10,13,22H,6-9H2,1H3,(H,19,23)(H,20,24)/t10-,13-/m1/s1. The number of rotatable bonds is 4. The van der Waals surface area contributed by atoms with Gasteiger partial charge in [-0.05, 0) is 17.7 Å². The van der Waals surface area contributed by atoms with E-state index >= 15 is 0 Å². The molecule has 8 heteroatoms. The molecule has 0 aliphatic carbocycles. The first-order valence-corrected chi connectivity index (χ1v) is 8.44. The number of urea groups is 1. The Kier molecular flexibility index (Phi) is 5.15. The molecule has 2 atom stereocenters. The number of amides is 3. The van der Waals surface area contributed by atoms with Gasteiger partial charge in [0.1, 0.15) is 5.58 Å². The summed E-state index contributed by atoms with van der Waals surface area (Å²) >= 11 is 6.11. The van der Waals surface area contributed by atoms with Crippen molar-refractivity contribution < 1.29 is 19.1 Å². The largest absolute Gasteiger partial charge is 0.444 e. The molecule has 1 aromatic carbocycles.